The van der Waals surface area contributed by atoms with E-state index in [0.717, 1.165) is 72.0 Å². The molecule has 278 valence electrons. The van der Waals surface area contributed by atoms with Gasteiger partial charge in [0, 0.05) is 24.3 Å². The van der Waals surface area contributed by atoms with Crippen molar-refractivity contribution in [1.82, 2.24) is 20.1 Å². The van der Waals surface area contributed by atoms with Crippen LogP contribution in [0, 0.1) is 17.8 Å². The molecule has 1 saturated heterocycles. The summed E-state index contributed by atoms with van der Waals surface area (Å²) < 4.78 is 24.5. The predicted molar refractivity (Wildman–Crippen MR) is 196 cm³/mol. The molecule has 11 nitrogen and oxygen atoms in total. The zero-order valence-electron chi connectivity index (χ0n) is 30.8. The van der Waals surface area contributed by atoms with Crippen LogP contribution in [-0.4, -0.2) is 97.9 Å². The SMILES string of the molecule is COC(=O)C1CC2CN1C(=O)C(C1Cc3ccccc3C1)NC(=O)OC1CC1C(C)CCCCc1c(nc3ccccc3c1OCCCN(C)C)O2. The average Bonchev–Trinajstić information content (AvgIpc) is 3.55. The van der Waals surface area contributed by atoms with E-state index in [1.807, 2.05) is 36.4 Å². The molecule has 2 aliphatic carbocycles. The van der Waals surface area contributed by atoms with Crippen LogP contribution in [0.1, 0.15) is 62.1 Å². The fraction of sp³-hybridized carbons (Fsp3) is 0.561. The highest BCUT2D eigenvalue weighted by Crippen LogP contribution is 2.43. The number of para-hydroxylation sites is 1. The quantitative estimate of drug-likeness (QED) is 0.256. The lowest BCUT2D eigenvalue weighted by molar-refractivity contribution is -0.152. The average molecular weight is 713 g/mol. The van der Waals surface area contributed by atoms with E-state index in [0.29, 0.717) is 37.7 Å². The summed E-state index contributed by atoms with van der Waals surface area (Å²) in [5.41, 5.74) is 4.00. The van der Waals surface area contributed by atoms with E-state index in [1.54, 1.807) is 0 Å². The number of hydrogen-bond acceptors (Lipinski definition) is 9. The molecule has 2 aliphatic heterocycles. The highest BCUT2D eigenvalue weighted by Gasteiger charge is 2.48. The van der Waals surface area contributed by atoms with Gasteiger partial charge in [-0.2, -0.15) is 0 Å². The third kappa shape index (κ3) is 7.84. The van der Waals surface area contributed by atoms with Crippen LogP contribution in [0.15, 0.2) is 48.5 Å². The fourth-order valence-electron chi connectivity index (χ4n) is 8.47. The minimum Gasteiger partial charge on any atom is -0.492 e. The van der Waals surface area contributed by atoms with Gasteiger partial charge in [-0.05, 0) is 87.7 Å². The van der Waals surface area contributed by atoms with E-state index in [4.69, 9.17) is 23.9 Å². The molecule has 6 unspecified atom stereocenters. The Labute approximate surface area is 306 Å². The lowest BCUT2D eigenvalue weighted by Crippen LogP contribution is -2.55. The van der Waals surface area contributed by atoms with E-state index in [9.17, 15) is 14.4 Å². The number of methoxy groups -OCH3 is 1. The maximum absolute atomic E-state index is 14.7. The summed E-state index contributed by atoms with van der Waals surface area (Å²) in [4.78, 5) is 50.1. The summed E-state index contributed by atoms with van der Waals surface area (Å²) in [7, 11) is 5.44. The third-order valence-corrected chi connectivity index (χ3v) is 11.4. The number of alkyl carbamates (subject to hydrolysis) is 1. The minimum absolute atomic E-state index is 0.140. The Hall–Kier alpha value is -4.38. The number of amides is 2. The number of hydrogen-bond donors (Lipinski definition) is 1. The van der Waals surface area contributed by atoms with Gasteiger partial charge in [-0.1, -0.05) is 56.2 Å². The molecule has 3 aromatic rings. The van der Waals surface area contributed by atoms with Crippen LogP contribution in [-0.2, 0) is 38.3 Å². The Bertz CT molecular complexity index is 1760. The van der Waals surface area contributed by atoms with Crippen LogP contribution < -0.4 is 14.8 Å². The second-order valence-corrected chi connectivity index (χ2v) is 15.4. The van der Waals surface area contributed by atoms with Gasteiger partial charge in [0.25, 0.3) is 0 Å². The lowest BCUT2D eigenvalue weighted by atomic mass is 9.95. The number of aromatic nitrogens is 1. The second-order valence-electron chi connectivity index (χ2n) is 15.4. The van der Waals surface area contributed by atoms with Crippen molar-refractivity contribution in [2.75, 3.05) is 40.9 Å². The first-order chi connectivity index (χ1) is 25.2. The highest BCUT2D eigenvalue weighted by molar-refractivity contribution is 5.91. The Morgan fingerprint density at radius 2 is 1.77 bits per heavy atom. The zero-order chi connectivity index (χ0) is 36.4. The van der Waals surface area contributed by atoms with Gasteiger partial charge in [-0.25, -0.2) is 14.6 Å². The molecule has 0 radical (unpaired) electrons. The van der Waals surface area contributed by atoms with Crippen LogP contribution in [0.25, 0.3) is 10.9 Å². The fourth-order valence-corrected chi connectivity index (χ4v) is 8.47. The molecule has 1 aromatic heterocycles. The van der Waals surface area contributed by atoms with Crippen LogP contribution in [0.5, 0.6) is 11.6 Å². The Morgan fingerprint density at radius 1 is 1.02 bits per heavy atom. The van der Waals surface area contributed by atoms with Gasteiger partial charge in [0.2, 0.25) is 11.8 Å². The number of carbonyl (C=O) groups excluding carboxylic acids is 3. The van der Waals surface area contributed by atoms with Crippen LogP contribution in [0.3, 0.4) is 0 Å². The molecule has 52 heavy (non-hydrogen) atoms. The van der Waals surface area contributed by atoms with Gasteiger partial charge in [-0.15, -0.1) is 0 Å². The predicted octanol–water partition coefficient (Wildman–Crippen LogP) is 5.35. The van der Waals surface area contributed by atoms with Gasteiger partial charge in [0.05, 0.1) is 31.3 Å². The number of carbonyl (C=O) groups is 3. The van der Waals surface area contributed by atoms with Crippen molar-refractivity contribution in [3.63, 3.8) is 0 Å². The van der Waals surface area contributed by atoms with Gasteiger partial charge in [0.15, 0.2) is 0 Å². The normalized spacial score (nSPS) is 26.7. The summed E-state index contributed by atoms with van der Waals surface area (Å²) in [6.07, 6.45) is 5.49. The summed E-state index contributed by atoms with van der Waals surface area (Å²) in [6, 6.07) is 14.3. The molecule has 6 atom stereocenters. The largest absolute Gasteiger partial charge is 0.492 e. The van der Waals surface area contributed by atoms with Gasteiger partial charge in [0.1, 0.15) is 30.0 Å². The molecule has 2 bridgehead atoms. The minimum atomic E-state index is -0.893. The summed E-state index contributed by atoms with van der Waals surface area (Å²) in [6.45, 7) is 3.82. The molecule has 2 fully saturated rings. The first-order valence-corrected chi connectivity index (χ1v) is 19.0. The molecule has 3 heterocycles. The number of nitrogens with one attached hydrogen (secondary N) is 1. The van der Waals surface area contributed by atoms with Crippen molar-refractivity contribution in [3.8, 4) is 11.6 Å². The van der Waals surface area contributed by atoms with Crippen molar-refractivity contribution < 1.29 is 33.3 Å². The zero-order valence-corrected chi connectivity index (χ0v) is 30.8. The van der Waals surface area contributed by atoms with Crippen molar-refractivity contribution in [1.29, 1.82) is 0 Å². The number of rotatable bonds is 7. The van der Waals surface area contributed by atoms with Gasteiger partial charge < -0.3 is 34.1 Å². The molecule has 1 N–H and O–H groups in total. The standard InChI is InChI=1S/C41H52N4O7/c1-25-12-5-8-16-31-37(50-19-11-18-44(2)3)30-15-9-10-17-33(30)42-38(31)51-29-22-34(40(47)49-4)45(24-29)39(46)36(43-41(48)52-35-23-32(25)35)28-20-26-13-6-7-14-27(26)21-28/h6-7,9-10,13-15,17,25,28-29,32,34-36H,5,8,11-12,16,18-24H2,1-4H3,(H,43,48). The van der Waals surface area contributed by atoms with Crippen molar-refractivity contribution in [3.05, 3.63) is 65.2 Å². The number of fused-ring (bicyclic) bond motifs is 6. The van der Waals surface area contributed by atoms with Crippen LogP contribution in [0.2, 0.25) is 0 Å². The number of nitrogens with zero attached hydrogens (tertiary/aromatic N) is 3. The highest BCUT2D eigenvalue weighted by atomic mass is 16.6. The monoisotopic (exact) mass is 712 g/mol. The molecule has 2 amide bonds. The first-order valence-electron chi connectivity index (χ1n) is 19.0. The van der Waals surface area contributed by atoms with E-state index < -0.39 is 30.3 Å². The Balaban J connectivity index is 1.23. The lowest BCUT2D eigenvalue weighted by Gasteiger charge is -2.30. The Kier molecular flexibility index (Phi) is 10.9. The molecule has 4 aliphatic rings. The first kappa shape index (κ1) is 36.0. The van der Waals surface area contributed by atoms with Crippen molar-refractivity contribution in [2.45, 2.75) is 89.0 Å². The summed E-state index contributed by atoms with van der Waals surface area (Å²) in [5.74, 6) is 0.878. The molecular weight excluding hydrogens is 660 g/mol. The second kappa shape index (κ2) is 15.7. The van der Waals surface area contributed by atoms with E-state index in [1.165, 1.54) is 12.0 Å². The molecular formula is C41H52N4O7. The van der Waals surface area contributed by atoms with E-state index >= 15 is 0 Å². The summed E-state index contributed by atoms with van der Waals surface area (Å²) >= 11 is 0. The molecule has 7 rings (SSSR count). The number of pyridine rings is 1. The van der Waals surface area contributed by atoms with Crippen LogP contribution >= 0.6 is 0 Å². The molecule has 11 heteroatoms. The summed E-state index contributed by atoms with van der Waals surface area (Å²) in [5, 5.41) is 3.92. The topological polar surface area (TPSA) is 120 Å². The molecule has 1 saturated carbocycles. The van der Waals surface area contributed by atoms with E-state index in [-0.39, 0.29) is 36.8 Å². The van der Waals surface area contributed by atoms with Gasteiger partial charge >= 0.3 is 12.1 Å². The van der Waals surface area contributed by atoms with E-state index in [2.05, 4.69) is 43.4 Å². The number of esters is 1. The van der Waals surface area contributed by atoms with Gasteiger partial charge in [-0.3, -0.25) is 4.79 Å². The van der Waals surface area contributed by atoms with Crippen molar-refractivity contribution in [2.24, 2.45) is 17.8 Å². The third-order valence-electron chi connectivity index (χ3n) is 11.4. The molecule has 0 spiro atoms. The smallest absolute Gasteiger partial charge is 0.408 e. The maximum Gasteiger partial charge on any atom is 0.408 e. The number of benzene rings is 2. The van der Waals surface area contributed by atoms with Crippen molar-refractivity contribution >= 4 is 28.9 Å². The molecule has 2 aromatic carbocycles. The Morgan fingerprint density at radius 3 is 2.52 bits per heavy atom. The maximum atomic E-state index is 14.7. The number of ether oxygens (including phenoxy) is 4. The van der Waals surface area contributed by atoms with Crippen LogP contribution in [0.4, 0.5) is 4.79 Å².